The molecule has 6 heteroatoms. The van der Waals surface area contributed by atoms with Crippen LogP contribution in [-0.2, 0) is 4.79 Å². The Labute approximate surface area is 195 Å². The highest BCUT2D eigenvalue weighted by Crippen LogP contribution is 2.44. The zero-order valence-corrected chi connectivity index (χ0v) is 19.7. The minimum Gasteiger partial charge on any atom is -0.322 e. The fourth-order valence-corrected chi connectivity index (χ4v) is 5.26. The molecule has 31 heavy (non-hydrogen) atoms. The zero-order valence-electron chi connectivity index (χ0n) is 17.3. The molecule has 1 aliphatic heterocycles. The van der Waals surface area contributed by atoms with Crippen LogP contribution in [0.5, 0.6) is 0 Å². The molecule has 1 saturated heterocycles. The fraction of sp³-hybridized carbons (Fsp3) is 0.200. The van der Waals surface area contributed by atoms with Crippen LogP contribution in [0.2, 0.25) is 0 Å². The minimum atomic E-state index is -0.160. The number of hydrogen-bond acceptors (Lipinski definition) is 3. The van der Waals surface area contributed by atoms with Gasteiger partial charge >= 0.3 is 0 Å². The first-order valence-corrected chi connectivity index (χ1v) is 12.0. The van der Waals surface area contributed by atoms with Gasteiger partial charge in [0.05, 0.1) is 5.75 Å². The number of amides is 2. The van der Waals surface area contributed by atoms with Crippen molar-refractivity contribution in [2.75, 3.05) is 16.0 Å². The second kappa shape index (κ2) is 9.28. The number of carbonyl (C=O) groups excluding carboxylic acids is 2. The summed E-state index contributed by atoms with van der Waals surface area (Å²) in [6.07, 6.45) is 0. The topological polar surface area (TPSA) is 49.4 Å². The summed E-state index contributed by atoms with van der Waals surface area (Å²) in [5.74, 6) is 0.742. The summed E-state index contributed by atoms with van der Waals surface area (Å²) in [6, 6.07) is 23.1. The van der Waals surface area contributed by atoms with E-state index in [1.54, 1.807) is 23.9 Å². The monoisotopic (exact) mass is 494 g/mol. The first kappa shape index (κ1) is 21.7. The lowest BCUT2D eigenvalue weighted by Crippen LogP contribution is -2.29. The van der Waals surface area contributed by atoms with Crippen LogP contribution in [0.3, 0.4) is 0 Å². The standard InChI is InChI=1S/C25H23BrN2O2S/c1-16(2)21-8-3-4-9-22(21)28-23(29)15-31-25(28)17-10-12-20(13-11-17)27-24(30)18-6-5-7-19(26)14-18/h3-14,16,25H,15H2,1-2H3,(H,27,30). The summed E-state index contributed by atoms with van der Waals surface area (Å²) in [6.45, 7) is 4.29. The Morgan fingerprint density at radius 1 is 1.06 bits per heavy atom. The predicted molar refractivity (Wildman–Crippen MR) is 132 cm³/mol. The van der Waals surface area contributed by atoms with Crippen molar-refractivity contribution >= 4 is 50.9 Å². The molecular formula is C25H23BrN2O2S. The highest BCUT2D eigenvalue weighted by atomic mass is 79.9. The van der Waals surface area contributed by atoms with Crippen molar-refractivity contribution in [1.29, 1.82) is 0 Å². The molecule has 1 heterocycles. The number of carbonyl (C=O) groups is 2. The molecule has 2 amide bonds. The largest absolute Gasteiger partial charge is 0.322 e. The number of nitrogens with zero attached hydrogens (tertiary/aromatic N) is 1. The number of nitrogens with one attached hydrogen (secondary N) is 1. The van der Waals surface area contributed by atoms with Gasteiger partial charge in [0.15, 0.2) is 0 Å². The van der Waals surface area contributed by atoms with Crippen molar-refractivity contribution in [3.05, 3.63) is 94.0 Å². The number of anilines is 2. The summed E-state index contributed by atoms with van der Waals surface area (Å²) < 4.78 is 0.861. The van der Waals surface area contributed by atoms with E-state index in [0.29, 0.717) is 17.2 Å². The SMILES string of the molecule is CC(C)c1ccccc1N1C(=O)CSC1c1ccc(NC(=O)c2cccc(Br)c2)cc1. The second-order valence-electron chi connectivity index (χ2n) is 7.73. The van der Waals surface area contributed by atoms with Crippen LogP contribution in [0.1, 0.15) is 46.6 Å². The average Bonchev–Trinajstić information content (AvgIpc) is 3.15. The van der Waals surface area contributed by atoms with Crippen LogP contribution in [-0.4, -0.2) is 17.6 Å². The Kier molecular flexibility index (Phi) is 6.49. The molecule has 1 aliphatic rings. The first-order valence-electron chi connectivity index (χ1n) is 10.1. The van der Waals surface area contributed by atoms with Gasteiger partial charge in [-0.05, 0) is 53.4 Å². The van der Waals surface area contributed by atoms with E-state index in [9.17, 15) is 9.59 Å². The summed E-state index contributed by atoms with van der Waals surface area (Å²) >= 11 is 5.02. The maximum atomic E-state index is 12.8. The lowest BCUT2D eigenvalue weighted by Gasteiger charge is -2.27. The molecule has 158 valence electrons. The number of benzene rings is 3. The zero-order chi connectivity index (χ0) is 22.0. The normalized spacial score (nSPS) is 16.1. The van der Waals surface area contributed by atoms with E-state index in [1.807, 2.05) is 59.5 Å². The van der Waals surface area contributed by atoms with E-state index in [4.69, 9.17) is 0 Å². The van der Waals surface area contributed by atoms with Gasteiger partial charge in [-0.15, -0.1) is 11.8 Å². The quantitative estimate of drug-likeness (QED) is 0.434. The number of halogens is 1. The van der Waals surface area contributed by atoms with Crippen molar-refractivity contribution in [2.24, 2.45) is 0 Å². The number of rotatable bonds is 5. The van der Waals surface area contributed by atoms with E-state index >= 15 is 0 Å². The Bertz CT molecular complexity index is 1110. The second-order valence-corrected chi connectivity index (χ2v) is 9.71. The third kappa shape index (κ3) is 4.70. The molecule has 0 saturated carbocycles. The highest BCUT2D eigenvalue weighted by molar-refractivity contribution is 9.10. The van der Waals surface area contributed by atoms with Crippen molar-refractivity contribution in [2.45, 2.75) is 25.1 Å². The Balaban J connectivity index is 1.56. The van der Waals surface area contributed by atoms with E-state index in [1.165, 1.54) is 5.56 Å². The van der Waals surface area contributed by atoms with Crippen LogP contribution in [0, 0.1) is 0 Å². The highest BCUT2D eigenvalue weighted by Gasteiger charge is 2.35. The number of hydrogen-bond donors (Lipinski definition) is 1. The molecule has 1 fully saturated rings. The molecule has 4 nitrogen and oxygen atoms in total. The Hall–Kier alpha value is -2.57. The predicted octanol–water partition coefficient (Wildman–Crippen LogP) is 6.60. The molecule has 0 aromatic heterocycles. The summed E-state index contributed by atoms with van der Waals surface area (Å²) in [5, 5.41) is 2.85. The average molecular weight is 495 g/mol. The van der Waals surface area contributed by atoms with Crippen molar-refractivity contribution in [3.63, 3.8) is 0 Å². The summed E-state index contributed by atoms with van der Waals surface area (Å²) in [4.78, 5) is 27.2. The smallest absolute Gasteiger partial charge is 0.255 e. The fourth-order valence-electron chi connectivity index (χ4n) is 3.69. The number of para-hydroxylation sites is 1. The Morgan fingerprint density at radius 3 is 2.52 bits per heavy atom. The molecule has 3 aromatic rings. The molecule has 0 spiro atoms. The van der Waals surface area contributed by atoms with Gasteiger partial charge in [-0.25, -0.2) is 0 Å². The molecule has 0 aliphatic carbocycles. The van der Waals surface area contributed by atoms with Crippen molar-refractivity contribution in [1.82, 2.24) is 0 Å². The van der Waals surface area contributed by atoms with E-state index in [2.05, 4.69) is 41.2 Å². The lowest BCUT2D eigenvalue weighted by atomic mass is 10.00. The molecule has 1 atom stereocenters. The summed E-state index contributed by atoms with van der Waals surface area (Å²) in [5.41, 5.74) is 4.49. The molecule has 1 N–H and O–H groups in total. The van der Waals surface area contributed by atoms with Gasteiger partial charge < -0.3 is 5.32 Å². The van der Waals surface area contributed by atoms with Crippen LogP contribution in [0.4, 0.5) is 11.4 Å². The van der Waals surface area contributed by atoms with E-state index in [-0.39, 0.29) is 17.2 Å². The van der Waals surface area contributed by atoms with Crippen LogP contribution < -0.4 is 10.2 Å². The van der Waals surface area contributed by atoms with Crippen molar-refractivity contribution < 1.29 is 9.59 Å². The van der Waals surface area contributed by atoms with Gasteiger partial charge in [-0.3, -0.25) is 14.5 Å². The lowest BCUT2D eigenvalue weighted by molar-refractivity contribution is -0.115. The van der Waals surface area contributed by atoms with Crippen LogP contribution in [0.25, 0.3) is 0 Å². The van der Waals surface area contributed by atoms with E-state index < -0.39 is 0 Å². The third-order valence-electron chi connectivity index (χ3n) is 5.23. The molecular weight excluding hydrogens is 472 g/mol. The molecule has 0 radical (unpaired) electrons. The maximum absolute atomic E-state index is 12.8. The minimum absolute atomic E-state index is 0.0813. The van der Waals surface area contributed by atoms with Gasteiger partial charge in [0.25, 0.3) is 5.91 Å². The van der Waals surface area contributed by atoms with Gasteiger partial charge in [0, 0.05) is 21.4 Å². The van der Waals surface area contributed by atoms with Gasteiger partial charge in [-0.1, -0.05) is 66.2 Å². The number of thioether (sulfide) groups is 1. The van der Waals surface area contributed by atoms with Gasteiger partial charge in [0.1, 0.15) is 5.37 Å². The molecule has 0 bridgehead atoms. The van der Waals surface area contributed by atoms with Crippen LogP contribution >= 0.6 is 27.7 Å². The third-order valence-corrected chi connectivity index (χ3v) is 6.93. The first-order chi connectivity index (χ1) is 14.9. The van der Waals surface area contributed by atoms with Gasteiger partial charge in [-0.2, -0.15) is 0 Å². The van der Waals surface area contributed by atoms with Crippen molar-refractivity contribution in [3.8, 4) is 0 Å². The maximum Gasteiger partial charge on any atom is 0.255 e. The van der Waals surface area contributed by atoms with Crippen LogP contribution in [0.15, 0.2) is 77.3 Å². The Morgan fingerprint density at radius 2 is 1.81 bits per heavy atom. The molecule has 3 aromatic carbocycles. The molecule has 1 unspecified atom stereocenters. The van der Waals surface area contributed by atoms with Gasteiger partial charge in [0.2, 0.25) is 5.91 Å². The summed E-state index contributed by atoms with van der Waals surface area (Å²) in [7, 11) is 0. The van der Waals surface area contributed by atoms with E-state index in [0.717, 1.165) is 21.4 Å². The molecule has 4 rings (SSSR count).